The maximum Gasteiger partial charge on any atom is 0.304 e. The predicted molar refractivity (Wildman–Crippen MR) is 144 cm³/mol. The van der Waals surface area contributed by atoms with Crippen molar-refractivity contribution in [3.63, 3.8) is 0 Å². The number of fused-ring (bicyclic) bond motifs is 1. The number of benzene rings is 2. The third kappa shape index (κ3) is 6.28. The number of ether oxygens (including phenoxy) is 2. The Morgan fingerprint density at radius 1 is 1.05 bits per heavy atom. The van der Waals surface area contributed by atoms with E-state index < -0.39 is 12.5 Å². The van der Waals surface area contributed by atoms with Gasteiger partial charge in [0.25, 0.3) is 0 Å². The van der Waals surface area contributed by atoms with Gasteiger partial charge in [-0.25, -0.2) is 0 Å². The van der Waals surface area contributed by atoms with Crippen molar-refractivity contribution in [1.82, 2.24) is 9.47 Å². The monoisotopic (exact) mass is 571 g/mol. The lowest BCUT2D eigenvalue weighted by atomic mass is 10.1. The van der Waals surface area contributed by atoms with E-state index in [2.05, 4.69) is 36.2 Å². The van der Waals surface area contributed by atoms with Gasteiger partial charge in [-0.1, -0.05) is 27.5 Å². The minimum Gasteiger partial charge on any atom is -0.493 e. The van der Waals surface area contributed by atoms with Crippen LogP contribution in [0.1, 0.15) is 31.7 Å². The van der Waals surface area contributed by atoms with Gasteiger partial charge in [-0.2, -0.15) is 0 Å². The summed E-state index contributed by atoms with van der Waals surface area (Å²) in [5, 5.41) is 23.5. The molecule has 0 spiro atoms. The van der Waals surface area contributed by atoms with Crippen molar-refractivity contribution < 1.29 is 24.2 Å². The molecule has 1 aliphatic heterocycles. The third-order valence-electron chi connectivity index (χ3n) is 6.21. The number of methoxy groups -OCH3 is 2. The molecule has 1 aliphatic rings. The van der Waals surface area contributed by atoms with Gasteiger partial charge in [-0.15, -0.1) is 10.2 Å². The zero-order valence-electron chi connectivity index (χ0n) is 21.1. The van der Waals surface area contributed by atoms with E-state index >= 15 is 0 Å². The molecule has 0 atom stereocenters. The molecular weight excluding hydrogens is 542 g/mol. The molecule has 11 heteroatoms. The Bertz CT molecular complexity index is 1330. The first kappa shape index (κ1) is 26.6. The topological polar surface area (TPSA) is 110 Å². The van der Waals surface area contributed by atoms with Gasteiger partial charge >= 0.3 is 5.91 Å². The van der Waals surface area contributed by atoms with E-state index in [0.717, 1.165) is 41.5 Å². The summed E-state index contributed by atoms with van der Waals surface area (Å²) in [6.45, 7) is 3.85. The summed E-state index contributed by atoms with van der Waals surface area (Å²) in [7, 11) is 3.11. The van der Waals surface area contributed by atoms with E-state index in [1.165, 1.54) is 6.42 Å². The third-order valence-corrected chi connectivity index (χ3v) is 6.71. The number of oxime groups is 1. The van der Waals surface area contributed by atoms with E-state index in [4.69, 9.17) is 14.3 Å². The Morgan fingerprint density at radius 2 is 1.81 bits per heavy atom. The number of aromatic nitrogens is 1. The van der Waals surface area contributed by atoms with E-state index in [9.17, 15) is 9.90 Å². The molecule has 10 nitrogen and oxygen atoms in total. The van der Waals surface area contributed by atoms with Gasteiger partial charge in [-0.05, 0) is 69.3 Å². The highest BCUT2D eigenvalue weighted by molar-refractivity contribution is 9.10. The van der Waals surface area contributed by atoms with Crippen molar-refractivity contribution in [3.05, 3.63) is 46.4 Å². The Morgan fingerprint density at radius 3 is 2.54 bits per heavy atom. The maximum atomic E-state index is 12.4. The number of carbonyl (C=O) groups is 1. The van der Waals surface area contributed by atoms with Gasteiger partial charge in [0, 0.05) is 15.4 Å². The second-order valence-corrected chi connectivity index (χ2v) is 9.61. The summed E-state index contributed by atoms with van der Waals surface area (Å²) in [5.74, 6) is 0.502. The normalized spacial score (nSPS) is 14.9. The van der Waals surface area contributed by atoms with E-state index in [0.29, 0.717) is 29.3 Å². The molecule has 2 heterocycles. The predicted octanol–water partition coefficient (Wildman–Crippen LogP) is 5.62. The number of rotatable bonds is 9. The molecule has 0 unspecified atom stereocenters. The smallest absolute Gasteiger partial charge is 0.304 e. The van der Waals surface area contributed by atoms with Crippen molar-refractivity contribution in [2.24, 2.45) is 15.4 Å². The van der Waals surface area contributed by atoms with Crippen LogP contribution in [-0.4, -0.2) is 60.1 Å². The fourth-order valence-electron chi connectivity index (χ4n) is 4.27. The minimum absolute atomic E-state index is 0.0292. The quantitative estimate of drug-likeness (QED) is 0.203. The molecule has 37 heavy (non-hydrogen) atoms. The second kappa shape index (κ2) is 12.2. The summed E-state index contributed by atoms with van der Waals surface area (Å²) < 4.78 is 13.2. The summed E-state index contributed by atoms with van der Waals surface area (Å²) >= 11 is 3.47. The first-order chi connectivity index (χ1) is 17.9. The molecule has 3 aromatic rings. The largest absolute Gasteiger partial charge is 0.493 e. The fraction of sp³-hybridized carbons (Fsp3) is 0.385. The number of halogens is 1. The summed E-state index contributed by atoms with van der Waals surface area (Å²) in [6, 6.07) is 11.0. The number of azo groups is 1. The van der Waals surface area contributed by atoms with Crippen LogP contribution < -0.4 is 9.47 Å². The van der Waals surface area contributed by atoms with Crippen LogP contribution in [0.15, 0.2) is 56.3 Å². The number of hydrogen-bond acceptors (Lipinski definition) is 8. The van der Waals surface area contributed by atoms with E-state index in [1.807, 2.05) is 24.3 Å². The van der Waals surface area contributed by atoms with Crippen molar-refractivity contribution in [3.8, 4) is 17.4 Å². The Balaban J connectivity index is 1.46. The van der Waals surface area contributed by atoms with Crippen LogP contribution in [0.3, 0.4) is 0 Å². The molecule has 1 fully saturated rings. The van der Waals surface area contributed by atoms with Gasteiger partial charge in [0.15, 0.2) is 23.8 Å². The van der Waals surface area contributed by atoms with Gasteiger partial charge < -0.3 is 19.4 Å². The summed E-state index contributed by atoms with van der Waals surface area (Å²) in [5.41, 5.74) is 2.36. The van der Waals surface area contributed by atoms with E-state index in [-0.39, 0.29) is 11.6 Å². The van der Waals surface area contributed by atoms with Crippen molar-refractivity contribution in [1.29, 1.82) is 0 Å². The number of likely N-dealkylation sites (tertiary alicyclic amines) is 1. The average Bonchev–Trinajstić information content (AvgIpc) is 3.16. The second-order valence-electron chi connectivity index (χ2n) is 8.70. The van der Waals surface area contributed by atoms with Crippen molar-refractivity contribution >= 4 is 44.1 Å². The number of amides is 1. The average molecular weight is 572 g/mol. The highest BCUT2D eigenvalue weighted by Crippen LogP contribution is 2.40. The molecule has 196 valence electrons. The van der Waals surface area contributed by atoms with Crippen LogP contribution in [0.2, 0.25) is 0 Å². The van der Waals surface area contributed by atoms with Gasteiger partial charge in [-0.3, -0.25) is 14.3 Å². The standard InChI is InChI=1S/C26H30BrN5O5/c1-17(18-7-10-22(35-2)23(13-18)36-3)30-37-15-24(33)28-29-25-20-14-19(27)8-9-21(20)32(26(25)34)16-31-11-5-4-6-12-31/h7-10,13-14,34H,4-6,11-12,15-16H2,1-3H3/b29-28?,30-17+. The lowest BCUT2D eigenvalue weighted by Crippen LogP contribution is -2.31. The highest BCUT2D eigenvalue weighted by atomic mass is 79.9. The van der Waals surface area contributed by atoms with Crippen LogP contribution in [0, 0.1) is 0 Å². The van der Waals surface area contributed by atoms with Gasteiger partial charge in [0.1, 0.15) is 0 Å². The number of nitrogens with zero attached hydrogens (tertiary/aromatic N) is 5. The van der Waals surface area contributed by atoms with E-state index in [1.54, 1.807) is 37.8 Å². The summed E-state index contributed by atoms with van der Waals surface area (Å²) in [6.07, 6.45) is 3.50. The fourth-order valence-corrected chi connectivity index (χ4v) is 4.63. The number of carbonyl (C=O) groups excluding carboxylic acids is 1. The molecule has 0 bridgehead atoms. The van der Waals surface area contributed by atoms with Crippen LogP contribution in [-0.2, 0) is 16.3 Å². The number of piperidine rings is 1. The number of hydrogen-bond donors (Lipinski definition) is 1. The first-order valence-electron chi connectivity index (χ1n) is 12.0. The molecule has 0 saturated carbocycles. The van der Waals surface area contributed by atoms with Crippen LogP contribution in [0.4, 0.5) is 5.69 Å². The molecule has 1 aromatic heterocycles. The Kier molecular flexibility index (Phi) is 8.78. The molecule has 4 rings (SSSR count). The molecule has 1 saturated heterocycles. The first-order valence-corrected chi connectivity index (χ1v) is 12.8. The molecule has 1 N–H and O–H groups in total. The van der Waals surface area contributed by atoms with Gasteiger partial charge in [0.2, 0.25) is 5.88 Å². The zero-order chi connectivity index (χ0) is 26.4. The lowest BCUT2D eigenvalue weighted by molar-refractivity contribution is -0.122. The lowest BCUT2D eigenvalue weighted by Gasteiger charge is -2.27. The summed E-state index contributed by atoms with van der Waals surface area (Å²) in [4.78, 5) is 19.9. The highest BCUT2D eigenvalue weighted by Gasteiger charge is 2.20. The number of aromatic hydroxyl groups is 1. The van der Waals surface area contributed by atoms with Crippen molar-refractivity contribution in [2.45, 2.75) is 32.9 Å². The van der Waals surface area contributed by atoms with Crippen molar-refractivity contribution in [2.75, 3.05) is 33.9 Å². The molecule has 2 aromatic carbocycles. The van der Waals surface area contributed by atoms with Gasteiger partial charge in [0.05, 0.1) is 32.1 Å². The van der Waals surface area contributed by atoms with Crippen LogP contribution in [0.5, 0.6) is 17.4 Å². The SMILES string of the molecule is COc1ccc(/C(C)=N/OCC(=O)N=Nc2c(O)n(CN3CCCCC3)c3ccc(Br)cc23)cc1OC. The van der Waals surface area contributed by atoms with Crippen LogP contribution >= 0.6 is 15.9 Å². The Hall–Kier alpha value is -3.44. The molecule has 0 aliphatic carbocycles. The zero-order valence-corrected chi connectivity index (χ0v) is 22.7. The molecule has 0 radical (unpaired) electrons. The molecule has 1 amide bonds. The van der Waals surface area contributed by atoms with Crippen LogP contribution in [0.25, 0.3) is 10.9 Å². The minimum atomic E-state index is -0.629. The molecular formula is C26H30BrN5O5. The maximum absolute atomic E-state index is 12.4. The Labute approximate surface area is 223 Å².